The Bertz CT molecular complexity index is 689. The highest BCUT2D eigenvalue weighted by Gasteiger charge is 2.12. The summed E-state index contributed by atoms with van der Waals surface area (Å²) in [4.78, 5) is 22.5. The van der Waals surface area contributed by atoms with Gasteiger partial charge in [-0.05, 0) is 24.1 Å². The molecule has 0 spiro atoms. The fourth-order valence-corrected chi connectivity index (χ4v) is 1.81. The van der Waals surface area contributed by atoms with Crippen molar-refractivity contribution >= 4 is 5.97 Å². The van der Waals surface area contributed by atoms with Gasteiger partial charge in [-0.1, -0.05) is 19.1 Å². The van der Waals surface area contributed by atoms with E-state index >= 15 is 0 Å². The molecule has 0 bridgehead atoms. The van der Waals surface area contributed by atoms with Crippen molar-refractivity contribution in [3.63, 3.8) is 0 Å². The maximum Gasteiger partial charge on any atom is 0.309 e. The van der Waals surface area contributed by atoms with E-state index in [1.807, 2.05) is 19.1 Å². The minimum absolute atomic E-state index is 0.0448. The summed E-state index contributed by atoms with van der Waals surface area (Å²) in [5.74, 6) is -1.53. The van der Waals surface area contributed by atoms with Crippen LogP contribution in [0.15, 0.2) is 35.1 Å². The number of aliphatic carboxylic acids is 1. The molecule has 1 heterocycles. The largest absolute Gasteiger partial charge is 0.506 e. The standard InChI is InChI=1S/C14H14N2O4/c1-2-9-3-5-10(6-4-9)16-13(18)8-12(17)11(15-16)7-14(19)20/h3-6,8,17H,2,7H2,1H3,(H,19,20). The zero-order chi connectivity index (χ0) is 14.7. The molecule has 0 radical (unpaired) electrons. The van der Waals surface area contributed by atoms with Crippen LogP contribution in [0, 0.1) is 0 Å². The van der Waals surface area contributed by atoms with Crippen LogP contribution in [0.25, 0.3) is 5.69 Å². The van der Waals surface area contributed by atoms with Crippen molar-refractivity contribution in [2.75, 3.05) is 0 Å². The lowest BCUT2D eigenvalue weighted by Crippen LogP contribution is -2.22. The number of nitrogens with zero attached hydrogens (tertiary/aromatic N) is 2. The van der Waals surface area contributed by atoms with Crippen molar-refractivity contribution in [3.05, 3.63) is 51.9 Å². The zero-order valence-corrected chi connectivity index (χ0v) is 10.9. The molecule has 0 aliphatic rings. The smallest absolute Gasteiger partial charge is 0.309 e. The van der Waals surface area contributed by atoms with Gasteiger partial charge in [-0.2, -0.15) is 9.78 Å². The van der Waals surface area contributed by atoms with Crippen LogP contribution in [-0.2, 0) is 17.6 Å². The van der Waals surface area contributed by atoms with Crippen LogP contribution < -0.4 is 5.56 Å². The molecular formula is C14H14N2O4. The number of aromatic nitrogens is 2. The van der Waals surface area contributed by atoms with Gasteiger partial charge in [0.1, 0.15) is 11.4 Å². The molecule has 6 heteroatoms. The van der Waals surface area contributed by atoms with Crippen LogP contribution in [0.5, 0.6) is 5.75 Å². The highest BCUT2D eigenvalue weighted by molar-refractivity contribution is 5.70. The Morgan fingerprint density at radius 2 is 1.95 bits per heavy atom. The van der Waals surface area contributed by atoms with E-state index in [-0.39, 0.29) is 5.69 Å². The Labute approximate surface area is 114 Å². The summed E-state index contributed by atoms with van der Waals surface area (Å²) < 4.78 is 1.08. The van der Waals surface area contributed by atoms with E-state index in [0.717, 1.165) is 22.7 Å². The summed E-state index contributed by atoms with van der Waals surface area (Å²) in [6.07, 6.45) is 0.432. The van der Waals surface area contributed by atoms with E-state index in [1.54, 1.807) is 12.1 Å². The molecule has 104 valence electrons. The van der Waals surface area contributed by atoms with Gasteiger partial charge in [-0.3, -0.25) is 9.59 Å². The number of hydrogen-bond acceptors (Lipinski definition) is 4. The number of carboxylic acids is 1. The zero-order valence-electron chi connectivity index (χ0n) is 10.9. The van der Waals surface area contributed by atoms with Gasteiger partial charge in [0.15, 0.2) is 0 Å². The second-order valence-electron chi connectivity index (χ2n) is 4.32. The third kappa shape index (κ3) is 2.85. The normalized spacial score (nSPS) is 10.4. The predicted octanol–water partition coefficient (Wildman–Crippen LogP) is 1.13. The van der Waals surface area contributed by atoms with Gasteiger partial charge < -0.3 is 10.2 Å². The predicted molar refractivity (Wildman–Crippen MR) is 72.2 cm³/mol. The molecule has 0 fully saturated rings. The van der Waals surface area contributed by atoms with Crippen LogP contribution in [0.2, 0.25) is 0 Å². The molecular weight excluding hydrogens is 260 g/mol. The molecule has 0 aliphatic carbocycles. The first-order valence-corrected chi connectivity index (χ1v) is 6.14. The molecule has 0 aliphatic heterocycles. The number of hydrogen-bond donors (Lipinski definition) is 2. The first-order chi connectivity index (χ1) is 9.51. The summed E-state index contributed by atoms with van der Waals surface area (Å²) in [5, 5.41) is 22.2. The number of carbonyl (C=O) groups is 1. The van der Waals surface area contributed by atoms with Gasteiger partial charge in [-0.25, -0.2) is 0 Å². The second-order valence-corrected chi connectivity index (χ2v) is 4.32. The number of rotatable bonds is 4. The maximum atomic E-state index is 11.8. The Kier molecular flexibility index (Phi) is 3.84. The van der Waals surface area contributed by atoms with Gasteiger partial charge in [0, 0.05) is 6.07 Å². The summed E-state index contributed by atoms with van der Waals surface area (Å²) in [6, 6.07) is 8.17. The SMILES string of the molecule is CCc1ccc(-n2nc(CC(=O)O)c(O)cc2=O)cc1. The molecule has 1 aromatic heterocycles. The summed E-state index contributed by atoms with van der Waals surface area (Å²) in [5.41, 5.74) is 1.09. The van der Waals surface area contributed by atoms with Crippen LogP contribution >= 0.6 is 0 Å². The maximum absolute atomic E-state index is 11.8. The van der Waals surface area contributed by atoms with Crippen molar-refractivity contribution in [3.8, 4) is 11.4 Å². The number of aryl methyl sites for hydroxylation is 1. The molecule has 20 heavy (non-hydrogen) atoms. The Balaban J connectivity index is 2.49. The Morgan fingerprint density at radius 3 is 2.50 bits per heavy atom. The minimum Gasteiger partial charge on any atom is -0.506 e. The first kappa shape index (κ1) is 13.8. The molecule has 0 unspecified atom stereocenters. The quantitative estimate of drug-likeness (QED) is 0.871. The van der Waals surface area contributed by atoms with Crippen LogP contribution in [0.1, 0.15) is 18.2 Å². The van der Waals surface area contributed by atoms with E-state index in [0.29, 0.717) is 5.69 Å². The summed E-state index contributed by atoms with van der Waals surface area (Å²) in [6.45, 7) is 2.02. The molecule has 6 nitrogen and oxygen atoms in total. The molecule has 0 atom stereocenters. The Hall–Kier alpha value is -2.63. The van der Waals surface area contributed by atoms with E-state index < -0.39 is 23.7 Å². The van der Waals surface area contributed by atoms with Crippen LogP contribution in [-0.4, -0.2) is 26.0 Å². The van der Waals surface area contributed by atoms with E-state index in [2.05, 4.69) is 5.10 Å². The minimum atomic E-state index is -1.13. The fraction of sp³-hybridized carbons (Fsp3) is 0.214. The fourth-order valence-electron chi connectivity index (χ4n) is 1.81. The molecule has 0 saturated heterocycles. The van der Waals surface area contributed by atoms with Crippen LogP contribution in [0.3, 0.4) is 0 Å². The van der Waals surface area contributed by atoms with Gasteiger partial charge in [0.2, 0.25) is 0 Å². The van der Waals surface area contributed by atoms with Crippen molar-refractivity contribution in [2.45, 2.75) is 19.8 Å². The third-order valence-electron chi connectivity index (χ3n) is 2.89. The molecule has 2 rings (SSSR count). The number of carboxylic acid groups (broad SMARTS) is 1. The highest BCUT2D eigenvalue weighted by Crippen LogP contribution is 2.14. The second kappa shape index (κ2) is 5.56. The lowest BCUT2D eigenvalue weighted by Gasteiger charge is -2.08. The van der Waals surface area contributed by atoms with Gasteiger partial charge in [0.25, 0.3) is 5.56 Å². The van der Waals surface area contributed by atoms with Crippen LogP contribution in [0.4, 0.5) is 0 Å². The highest BCUT2D eigenvalue weighted by atomic mass is 16.4. The number of benzene rings is 1. The first-order valence-electron chi connectivity index (χ1n) is 6.14. The average Bonchev–Trinajstić information content (AvgIpc) is 2.41. The van der Waals surface area contributed by atoms with Gasteiger partial charge >= 0.3 is 5.97 Å². The molecule has 1 aromatic carbocycles. The van der Waals surface area contributed by atoms with Crippen molar-refractivity contribution in [2.24, 2.45) is 0 Å². The molecule has 2 N–H and O–H groups in total. The number of aromatic hydroxyl groups is 1. The van der Waals surface area contributed by atoms with Gasteiger partial charge in [-0.15, -0.1) is 0 Å². The Morgan fingerprint density at radius 1 is 1.30 bits per heavy atom. The lowest BCUT2D eigenvalue weighted by molar-refractivity contribution is -0.136. The van der Waals surface area contributed by atoms with E-state index in [9.17, 15) is 14.7 Å². The van der Waals surface area contributed by atoms with Gasteiger partial charge in [0.05, 0.1) is 12.1 Å². The van der Waals surface area contributed by atoms with Crippen molar-refractivity contribution in [1.82, 2.24) is 9.78 Å². The van der Waals surface area contributed by atoms with E-state index in [4.69, 9.17) is 5.11 Å². The summed E-state index contributed by atoms with van der Waals surface area (Å²) in [7, 11) is 0. The van der Waals surface area contributed by atoms with Crippen molar-refractivity contribution in [1.29, 1.82) is 0 Å². The van der Waals surface area contributed by atoms with Crippen molar-refractivity contribution < 1.29 is 15.0 Å². The monoisotopic (exact) mass is 274 g/mol. The van der Waals surface area contributed by atoms with E-state index in [1.165, 1.54) is 0 Å². The lowest BCUT2D eigenvalue weighted by atomic mass is 10.1. The average molecular weight is 274 g/mol. The molecule has 0 amide bonds. The third-order valence-corrected chi connectivity index (χ3v) is 2.89. The molecule has 2 aromatic rings. The summed E-state index contributed by atoms with van der Waals surface area (Å²) >= 11 is 0. The molecule has 0 saturated carbocycles. The topological polar surface area (TPSA) is 92.4 Å².